The van der Waals surface area contributed by atoms with Gasteiger partial charge < -0.3 is 4.74 Å². The van der Waals surface area contributed by atoms with Crippen LogP contribution in [0, 0.1) is 0 Å². The van der Waals surface area contributed by atoms with Gasteiger partial charge in [0, 0.05) is 12.4 Å². The van der Waals surface area contributed by atoms with E-state index >= 15 is 0 Å². The Hall–Kier alpha value is -3.76. The summed E-state index contributed by atoms with van der Waals surface area (Å²) in [6, 6.07) is 33.2. The van der Waals surface area contributed by atoms with Crippen molar-refractivity contribution in [3.05, 3.63) is 115 Å². The maximum absolute atomic E-state index is 6.21. The molecule has 3 nitrogen and oxygen atoms in total. The second-order valence-corrected chi connectivity index (χ2v) is 7.92. The van der Waals surface area contributed by atoms with Gasteiger partial charge in [0.05, 0.1) is 10.4 Å². The number of benzene rings is 3. The highest BCUT2D eigenvalue weighted by molar-refractivity contribution is 7.10. The standard InChI is InChI=1S/C27H20N2OS/c1-3-8-20(9-4-1)19-30-27-25(26(31-29-27)22-14-16-28-17-15-22)24-13-7-12-23(18-24)21-10-5-2-6-11-21/h1-18H,19H2. The predicted molar refractivity (Wildman–Crippen MR) is 127 cm³/mol. The van der Waals surface area contributed by atoms with Crippen molar-refractivity contribution in [3.8, 4) is 38.6 Å². The molecule has 0 radical (unpaired) electrons. The summed E-state index contributed by atoms with van der Waals surface area (Å²) >= 11 is 1.46. The summed E-state index contributed by atoms with van der Waals surface area (Å²) < 4.78 is 10.9. The molecular weight excluding hydrogens is 400 g/mol. The molecule has 0 unspecified atom stereocenters. The van der Waals surface area contributed by atoms with Gasteiger partial charge in [-0.1, -0.05) is 78.9 Å². The molecular formula is C27H20N2OS. The Kier molecular flexibility index (Phi) is 5.54. The second kappa shape index (κ2) is 8.94. The number of hydrogen-bond acceptors (Lipinski definition) is 4. The molecule has 0 N–H and O–H groups in total. The average Bonchev–Trinajstić information content (AvgIpc) is 3.29. The van der Waals surface area contributed by atoms with E-state index in [1.165, 1.54) is 22.7 Å². The third-order valence-corrected chi connectivity index (χ3v) is 5.96. The lowest BCUT2D eigenvalue weighted by Crippen LogP contribution is -1.96. The summed E-state index contributed by atoms with van der Waals surface area (Å²) in [5.41, 5.74) is 6.66. The maximum atomic E-state index is 6.21. The van der Waals surface area contributed by atoms with Crippen molar-refractivity contribution in [1.29, 1.82) is 0 Å². The van der Waals surface area contributed by atoms with E-state index in [9.17, 15) is 0 Å². The van der Waals surface area contributed by atoms with Crippen LogP contribution in [0.15, 0.2) is 109 Å². The Morgan fingerprint density at radius 2 is 1.32 bits per heavy atom. The van der Waals surface area contributed by atoms with E-state index in [0.29, 0.717) is 12.5 Å². The van der Waals surface area contributed by atoms with Crippen LogP contribution in [0.1, 0.15) is 5.56 Å². The van der Waals surface area contributed by atoms with Crippen LogP contribution in [0.5, 0.6) is 5.88 Å². The molecule has 0 atom stereocenters. The topological polar surface area (TPSA) is 35.0 Å². The van der Waals surface area contributed by atoms with Gasteiger partial charge in [0.2, 0.25) is 5.88 Å². The summed E-state index contributed by atoms with van der Waals surface area (Å²) in [7, 11) is 0. The number of aromatic nitrogens is 2. The molecule has 3 aromatic carbocycles. The molecule has 4 heteroatoms. The molecule has 0 spiro atoms. The Morgan fingerprint density at radius 1 is 0.645 bits per heavy atom. The Balaban J connectivity index is 1.58. The van der Waals surface area contributed by atoms with E-state index in [-0.39, 0.29) is 0 Å². The Morgan fingerprint density at radius 3 is 2.10 bits per heavy atom. The van der Waals surface area contributed by atoms with Crippen molar-refractivity contribution >= 4 is 11.5 Å². The lowest BCUT2D eigenvalue weighted by Gasteiger charge is -2.10. The van der Waals surface area contributed by atoms with Crippen LogP contribution in [0.25, 0.3) is 32.7 Å². The van der Waals surface area contributed by atoms with Gasteiger partial charge in [0.1, 0.15) is 6.61 Å². The third kappa shape index (κ3) is 4.25. The van der Waals surface area contributed by atoms with E-state index in [4.69, 9.17) is 4.74 Å². The van der Waals surface area contributed by atoms with Crippen LogP contribution >= 0.6 is 11.5 Å². The van der Waals surface area contributed by atoms with Gasteiger partial charge in [-0.05, 0) is 57.5 Å². The summed E-state index contributed by atoms with van der Waals surface area (Å²) in [4.78, 5) is 5.24. The predicted octanol–water partition coefficient (Wildman–Crippen LogP) is 7.12. The van der Waals surface area contributed by atoms with Crippen LogP contribution < -0.4 is 4.74 Å². The minimum absolute atomic E-state index is 0.478. The highest BCUT2D eigenvalue weighted by Crippen LogP contribution is 2.43. The van der Waals surface area contributed by atoms with Crippen molar-refractivity contribution in [1.82, 2.24) is 9.36 Å². The summed E-state index contributed by atoms with van der Waals surface area (Å²) in [6.45, 7) is 0.478. The van der Waals surface area contributed by atoms with Gasteiger partial charge >= 0.3 is 0 Å². The second-order valence-electron chi connectivity index (χ2n) is 7.15. The lowest BCUT2D eigenvalue weighted by atomic mass is 9.98. The van der Waals surface area contributed by atoms with Crippen LogP contribution in [0.3, 0.4) is 0 Å². The maximum Gasteiger partial charge on any atom is 0.234 e. The fourth-order valence-corrected chi connectivity index (χ4v) is 4.40. The van der Waals surface area contributed by atoms with Crippen molar-refractivity contribution < 1.29 is 4.74 Å². The third-order valence-electron chi connectivity index (χ3n) is 5.08. The molecule has 0 fully saturated rings. The van der Waals surface area contributed by atoms with Crippen LogP contribution in [-0.4, -0.2) is 9.36 Å². The Labute approximate surface area is 185 Å². The first-order chi connectivity index (χ1) is 15.4. The van der Waals surface area contributed by atoms with Gasteiger partial charge in [0.25, 0.3) is 0 Å². The first kappa shape index (κ1) is 19.2. The van der Waals surface area contributed by atoms with Gasteiger partial charge in [-0.25, -0.2) is 0 Å². The monoisotopic (exact) mass is 420 g/mol. The average molecular weight is 421 g/mol. The van der Waals surface area contributed by atoms with Crippen molar-refractivity contribution in [3.63, 3.8) is 0 Å². The van der Waals surface area contributed by atoms with Crippen LogP contribution in [0.2, 0.25) is 0 Å². The summed E-state index contributed by atoms with van der Waals surface area (Å²) in [5, 5.41) is 0. The highest BCUT2D eigenvalue weighted by Gasteiger charge is 2.19. The normalized spacial score (nSPS) is 10.7. The minimum atomic E-state index is 0.478. The summed E-state index contributed by atoms with van der Waals surface area (Å²) in [6.07, 6.45) is 3.62. The zero-order valence-corrected chi connectivity index (χ0v) is 17.6. The van der Waals surface area contributed by atoms with Gasteiger partial charge in [0.15, 0.2) is 0 Å². The van der Waals surface area contributed by atoms with E-state index in [2.05, 4.69) is 70.0 Å². The molecule has 0 amide bonds. The summed E-state index contributed by atoms with van der Waals surface area (Å²) in [5.74, 6) is 0.658. The SMILES string of the molecule is c1ccc(COc2nsc(-c3ccncc3)c2-c2cccc(-c3ccccc3)c2)cc1. The van der Waals surface area contributed by atoms with Crippen molar-refractivity contribution in [2.75, 3.05) is 0 Å². The molecule has 0 aliphatic rings. The van der Waals surface area contributed by atoms with E-state index in [1.54, 1.807) is 0 Å². The molecule has 2 heterocycles. The molecule has 5 rings (SSSR count). The van der Waals surface area contributed by atoms with Gasteiger partial charge in [-0.2, -0.15) is 4.37 Å². The fraction of sp³-hybridized carbons (Fsp3) is 0.0370. The number of ether oxygens (including phenoxy) is 1. The smallest absolute Gasteiger partial charge is 0.234 e. The first-order valence-electron chi connectivity index (χ1n) is 10.1. The lowest BCUT2D eigenvalue weighted by molar-refractivity contribution is 0.298. The van der Waals surface area contributed by atoms with Crippen LogP contribution in [0.4, 0.5) is 0 Å². The fourth-order valence-electron chi connectivity index (χ4n) is 3.54. The van der Waals surface area contributed by atoms with Gasteiger partial charge in [-0.15, -0.1) is 0 Å². The van der Waals surface area contributed by atoms with E-state index < -0.39 is 0 Å². The molecule has 150 valence electrons. The first-order valence-corrected chi connectivity index (χ1v) is 10.9. The molecule has 31 heavy (non-hydrogen) atoms. The number of nitrogens with zero attached hydrogens (tertiary/aromatic N) is 2. The quantitative estimate of drug-likeness (QED) is 0.293. The van der Waals surface area contributed by atoms with Crippen molar-refractivity contribution in [2.24, 2.45) is 0 Å². The van der Waals surface area contributed by atoms with Crippen molar-refractivity contribution in [2.45, 2.75) is 6.61 Å². The van der Waals surface area contributed by atoms with Gasteiger partial charge in [-0.3, -0.25) is 4.98 Å². The zero-order chi connectivity index (χ0) is 20.9. The number of rotatable bonds is 6. The molecule has 5 aromatic rings. The van der Waals surface area contributed by atoms with Crippen LogP contribution in [-0.2, 0) is 6.61 Å². The highest BCUT2D eigenvalue weighted by atomic mass is 32.1. The largest absolute Gasteiger partial charge is 0.472 e. The minimum Gasteiger partial charge on any atom is -0.472 e. The molecule has 2 aromatic heterocycles. The molecule has 0 bridgehead atoms. The molecule has 0 aliphatic heterocycles. The Bertz CT molecular complexity index is 1270. The molecule has 0 saturated heterocycles. The molecule has 0 saturated carbocycles. The number of hydrogen-bond donors (Lipinski definition) is 0. The van der Waals surface area contributed by atoms with E-state index in [1.807, 2.05) is 48.8 Å². The zero-order valence-electron chi connectivity index (χ0n) is 16.8. The number of pyridine rings is 1. The molecule has 0 aliphatic carbocycles. The van der Waals surface area contributed by atoms with E-state index in [0.717, 1.165) is 27.1 Å².